The Hall–Kier alpha value is -1.44. The van der Waals surface area contributed by atoms with E-state index < -0.39 is 0 Å². The van der Waals surface area contributed by atoms with E-state index >= 15 is 0 Å². The van der Waals surface area contributed by atoms with Gasteiger partial charge in [0.1, 0.15) is 5.82 Å². The van der Waals surface area contributed by atoms with Gasteiger partial charge < -0.3 is 4.90 Å². The number of hydrogen-bond donors (Lipinski definition) is 1. The zero-order valence-electron chi connectivity index (χ0n) is 19.6. The minimum atomic E-state index is -0.303. The summed E-state index contributed by atoms with van der Waals surface area (Å²) < 4.78 is 14.6. The van der Waals surface area contributed by atoms with Crippen molar-refractivity contribution in [1.82, 2.24) is 15.1 Å². The van der Waals surface area contributed by atoms with Crippen LogP contribution in [0.5, 0.6) is 0 Å². The van der Waals surface area contributed by atoms with Crippen LogP contribution in [0.1, 0.15) is 76.3 Å². The first-order chi connectivity index (χ1) is 15.5. The molecule has 1 saturated heterocycles. The Morgan fingerprint density at radius 2 is 1.78 bits per heavy atom. The first-order valence-electron chi connectivity index (χ1n) is 12.3. The zero-order valence-corrected chi connectivity index (χ0v) is 20.4. The molecule has 32 heavy (non-hydrogen) atoms. The monoisotopic (exact) mass is 463 g/mol. The van der Waals surface area contributed by atoms with Crippen molar-refractivity contribution >= 4 is 23.6 Å². The van der Waals surface area contributed by atoms with Crippen LogP contribution in [0.3, 0.4) is 0 Å². The Bertz CT molecular complexity index is 785. The summed E-state index contributed by atoms with van der Waals surface area (Å²) in [6.07, 6.45) is 8.30. The molecule has 0 spiro atoms. The molecule has 0 radical (unpaired) electrons. The quantitative estimate of drug-likeness (QED) is 0.261. The second-order valence-electron chi connectivity index (χ2n) is 8.88. The fourth-order valence-corrected chi connectivity index (χ4v) is 5.83. The van der Waals surface area contributed by atoms with Gasteiger partial charge in [-0.05, 0) is 61.8 Å². The highest BCUT2D eigenvalue weighted by atomic mass is 32.2. The molecule has 0 bridgehead atoms. The fraction of sp³-hybridized carbons (Fsp3) is 0.680. The zero-order chi connectivity index (χ0) is 22.9. The largest absolute Gasteiger partial charge is 0.304 e. The molecular formula is C25H38FN3O2S. The molecule has 7 heteroatoms. The first-order valence-corrected chi connectivity index (χ1v) is 13.2. The van der Waals surface area contributed by atoms with Gasteiger partial charge in [-0.15, -0.1) is 11.8 Å². The van der Waals surface area contributed by atoms with Crippen molar-refractivity contribution in [1.29, 1.82) is 0 Å². The van der Waals surface area contributed by atoms with Crippen LogP contribution < -0.4 is 5.32 Å². The predicted molar refractivity (Wildman–Crippen MR) is 128 cm³/mol. The van der Waals surface area contributed by atoms with Crippen LogP contribution in [0.25, 0.3) is 0 Å². The minimum Gasteiger partial charge on any atom is -0.304 e. The van der Waals surface area contributed by atoms with Crippen LogP contribution in [0.2, 0.25) is 0 Å². The van der Waals surface area contributed by atoms with Crippen molar-refractivity contribution in [3.8, 4) is 0 Å². The second-order valence-corrected chi connectivity index (χ2v) is 9.99. The lowest BCUT2D eigenvalue weighted by Gasteiger charge is -2.29. The summed E-state index contributed by atoms with van der Waals surface area (Å²) in [6, 6.07) is 3.10. The lowest BCUT2D eigenvalue weighted by atomic mass is 10.0. The predicted octanol–water partition coefficient (Wildman–Crippen LogP) is 4.72. The topological polar surface area (TPSA) is 52.6 Å². The number of nitrogens with zero attached hydrogens (tertiary/aromatic N) is 2. The third kappa shape index (κ3) is 6.78. The Balaban J connectivity index is 1.40. The van der Waals surface area contributed by atoms with Gasteiger partial charge in [0.15, 0.2) is 0 Å². The van der Waals surface area contributed by atoms with E-state index in [1.807, 2.05) is 6.07 Å². The number of carbonyl (C=O) groups is 2. The number of imide groups is 1. The molecule has 1 fully saturated rings. The van der Waals surface area contributed by atoms with Crippen LogP contribution >= 0.6 is 11.8 Å². The van der Waals surface area contributed by atoms with E-state index in [0.29, 0.717) is 25.9 Å². The molecule has 0 aliphatic carbocycles. The minimum absolute atomic E-state index is 0.157. The second kappa shape index (κ2) is 12.7. The summed E-state index contributed by atoms with van der Waals surface area (Å²) >= 11 is 1.62. The smallest absolute Gasteiger partial charge is 0.243 e. The molecule has 2 heterocycles. The molecule has 0 saturated carbocycles. The maximum Gasteiger partial charge on any atom is 0.243 e. The summed E-state index contributed by atoms with van der Waals surface area (Å²) in [6.45, 7) is 9.14. The van der Waals surface area contributed by atoms with Crippen molar-refractivity contribution < 1.29 is 14.0 Å². The van der Waals surface area contributed by atoms with Crippen molar-refractivity contribution in [2.75, 3.05) is 25.4 Å². The molecule has 1 aromatic rings. The first kappa shape index (κ1) is 25.2. The molecule has 1 atom stereocenters. The SMILES string of the molecule is CCN(CC)CCCCCCCCSc1c(F)ccc2c1CN(C1CCC(=O)NC1=O)C2. The molecule has 2 aliphatic heterocycles. The number of amides is 2. The summed E-state index contributed by atoms with van der Waals surface area (Å²) in [5, 5.41) is 2.44. The Morgan fingerprint density at radius 1 is 1.06 bits per heavy atom. The van der Waals surface area contributed by atoms with Gasteiger partial charge in [-0.2, -0.15) is 0 Å². The van der Waals surface area contributed by atoms with Crippen LogP contribution in [0.15, 0.2) is 17.0 Å². The summed E-state index contributed by atoms with van der Waals surface area (Å²) in [4.78, 5) is 29.0. The average Bonchev–Trinajstić information content (AvgIpc) is 3.20. The number of halogens is 1. The van der Waals surface area contributed by atoms with E-state index in [1.165, 1.54) is 38.6 Å². The fourth-order valence-electron chi connectivity index (χ4n) is 4.70. The molecule has 5 nitrogen and oxygen atoms in total. The Morgan fingerprint density at radius 3 is 2.50 bits per heavy atom. The number of carbonyl (C=O) groups excluding carboxylic acids is 2. The van der Waals surface area contributed by atoms with Crippen molar-refractivity contribution in [2.24, 2.45) is 0 Å². The number of thioether (sulfide) groups is 1. The summed E-state index contributed by atoms with van der Waals surface area (Å²) in [5.74, 6) is 0.343. The van der Waals surface area contributed by atoms with Gasteiger partial charge in [0.05, 0.1) is 6.04 Å². The van der Waals surface area contributed by atoms with E-state index in [0.717, 1.165) is 41.3 Å². The van der Waals surface area contributed by atoms with Crippen LogP contribution in [-0.2, 0) is 22.7 Å². The molecule has 178 valence electrons. The average molecular weight is 464 g/mol. The normalized spacial score (nSPS) is 18.9. The van der Waals surface area contributed by atoms with Gasteiger partial charge >= 0.3 is 0 Å². The highest BCUT2D eigenvalue weighted by molar-refractivity contribution is 7.99. The van der Waals surface area contributed by atoms with Crippen LogP contribution in [-0.4, -0.2) is 53.0 Å². The van der Waals surface area contributed by atoms with E-state index in [4.69, 9.17) is 0 Å². The molecule has 2 aliphatic rings. The molecule has 1 unspecified atom stereocenters. The maximum atomic E-state index is 14.6. The maximum absolute atomic E-state index is 14.6. The number of rotatable bonds is 13. The molecular weight excluding hydrogens is 425 g/mol. The summed E-state index contributed by atoms with van der Waals surface area (Å²) in [5.41, 5.74) is 2.13. The van der Waals surface area contributed by atoms with Crippen molar-refractivity contribution in [3.63, 3.8) is 0 Å². The number of benzene rings is 1. The number of hydrogen-bond acceptors (Lipinski definition) is 5. The molecule has 1 N–H and O–H groups in total. The number of nitrogens with one attached hydrogen (secondary N) is 1. The number of unbranched alkanes of at least 4 members (excludes halogenated alkanes) is 5. The van der Waals surface area contributed by atoms with Gasteiger partial charge in [0.2, 0.25) is 11.8 Å². The highest BCUT2D eigenvalue weighted by Gasteiger charge is 2.35. The third-order valence-electron chi connectivity index (χ3n) is 6.70. The van der Waals surface area contributed by atoms with Gasteiger partial charge in [-0.1, -0.05) is 45.6 Å². The number of piperidine rings is 1. The lowest BCUT2D eigenvalue weighted by Crippen LogP contribution is -2.50. The standard InChI is InChI=1S/C25H38FN3O2S/c1-3-28(4-2)15-9-7-5-6-8-10-16-32-24-20-18-29(17-19(20)11-12-21(24)26)22-13-14-23(30)27-25(22)31/h11-12,22H,3-10,13-18H2,1-2H3,(H,27,30,31). The van der Waals surface area contributed by atoms with E-state index in [9.17, 15) is 14.0 Å². The lowest BCUT2D eigenvalue weighted by molar-refractivity contribution is -0.137. The number of fused-ring (bicyclic) bond motifs is 1. The molecule has 1 aromatic carbocycles. The van der Waals surface area contributed by atoms with Gasteiger partial charge in [-0.3, -0.25) is 19.8 Å². The van der Waals surface area contributed by atoms with Gasteiger partial charge in [0.25, 0.3) is 0 Å². The Labute approximate surface area is 196 Å². The molecule has 0 aromatic heterocycles. The van der Waals surface area contributed by atoms with Crippen molar-refractivity contribution in [3.05, 3.63) is 29.1 Å². The van der Waals surface area contributed by atoms with Crippen molar-refractivity contribution in [2.45, 2.75) is 89.2 Å². The van der Waals surface area contributed by atoms with E-state index in [1.54, 1.807) is 17.8 Å². The highest BCUT2D eigenvalue weighted by Crippen LogP contribution is 2.36. The van der Waals surface area contributed by atoms with E-state index in [2.05, 4.69) is 29.0 Å². The van der Waals surface area contributed by atoms with E-state index in [-0.39, 0.29) is 23.7 Å². The van der Waals surface area contributed by atoms with Crippen LogP contribution in [0.4, 0.5) is 4.39 Å². The Kier molecular flexibility index (Phi) is 10.0. The van der Waals surface area contributed by atoms with Crippen LogP contribution in [0, 0.1) is 5.82 Å². The van der Waals surface area contributed by atoms with Gasteiger partial charge in [-0.25, -0.2) is 4.39 Å². The molecule has 3 rings (SSSR count). The summed E-state index contributed by atoms with van der Waals surface area (Å²) in [7, 11) is 0. The third-order valence-corrected chi connectivity index (χ3v) is 7.93. The van der Waals surface area contributed by atoms with Gasteiger partial charge in [0, 0.05) is 24.4 Å². The molecule has 2 amide bonds.